The molecule has 1 amide bonds. The first kappa shape index (κ1) is 11.1. The minimum Gasteiger partial charge on any atom is -0.364 e. The molecule has 6 heteroatoms. The van der Waals surface area contributed by atoms with Crippen LogP contribution in [0, 0.1) is 6.92 Å². The minimum absolute atomic E-state index is 0.176. The predicted molar refractivity (Wildman–Crippen MR) is 60.1 cm³/mol. The lowest BCUT2D eigenvalue weighted by Crippen LogP contribution is -2.17. The van der Waals surface area contributed by atoms with E-state index in [0.717, 1.165) is 11.4 Å². The number of hydrogen-bond donors (Lipinski definition) is 1. The molecule has 0 aromatic carbocycles. The monoisotopic (exact) mass is 229 g/mol. The summed E-state index contributed by atoms with van der Waals surface area (Å²) in [6.45, 7) is 1.86. The lowest BCUT2D eigenvalue weighted by Gasteiger charge is -2.03. The summed E-state index contributed by atoms with van der Waals surface area (Å²) in [6.07, 6.45) is 6.65. The van der Waals surface area contributed by atoms with Gasteiger partial charge in [0.15, 0.2) is 0 Å². The largest absolute Gasteiger partial charge is 0.364 e. The van der Waals surface area contributed by atoms with Gasteiger partial charge < -0.3 is 5.73 Å². The summed E-state index contributed by atoms with van der Waals surface area (Å²) in [7, 11) is 0. The van der Waals surface area contributed by atoms with E-state index in [-0.39, 0.29) is 5.69 Å². The molecule has 0 atom stereocenters. The van der Waals surface area contributed by atoms with Crippen molar-refractivity contribution in [2.24, 2.45) is 5.73 Å². The highest BCUT2D eigenvalue weighted by atomic mass is 16.1. The van der Waals surface area contributed by atoms with Crippen LogP contribution >= 0.6 is 0 Å². The Morgan fingerprint density at radius 2 is 1.94 bits per heavy atom. The molecule has 86 valence electrons. The lowest BCUT2D eigenvalue weighted by atomic mass is 10.2. The minimum atomic E-state index is -0.590. The van der Waals surface area contributed by atoms with Crippen LogP contribution in [0.3, 0.4) is 0 Å². The molecule has 6 nitrogen and oxygen atoms in total. The van der Waals surface area contributed by atoms with Crippen LogP contribution in [0.2, 0.25) is 0 Å². The van der Waals surface area contributed by atoms with Crippen LogP contribution in [-0.2, 0) is 6.42 Å². The van der Waals surface area contributed by atoms with Gasteiger partial charge in [-0.2, -0.15) is 0 Å². The Labute approximate surface area is 98.0 Å². The van der Waals surface area contributed by atoms with E-state index in [1.54, 1.807) is 12.4 Å². The molecule has 0 saturated heterocycles. The van der Waals surface area contributed by atoms with Gasteiger partial charge in [-0.3, -0.25) is 19.7 Å². The molecule has 0 aliphatic rings. The number of primary amides is 1. The zero-order valence-electron chi connectivity index (χ0n) is 9.29. The van der Waals surface area contributed by atoms with E-state index in [4.69, 9.17) is 5.73 Å². The normalized spacial score (nSPS) is 10.2. The number of carbonyl (C=O) groups is 1. The van der Waals surface area contributed by atoms with E-state index in [1.165, 1.54) is 12.4 Å². The van der Waals surface area contributed by atoms with Crippen LogP contribution in [0.15, 0.2) is 24.8 Å². The molecule has 2 heterocycles. The van der Waals surface area contributed by atoms with Crippen molar-refractivity contribution in [3.8, 4) is 0 Å². The summed E-state index contributed by atoms with van der Waals surface area (Å²) in [5.74, 6) is -0.590. The van der Waals surface area contributed by atoms with Crippen LogP contribution in [0.4, 0.5) is 0 Å². The first-order valence-corrected chi connectivity index (χ1v) is 5.04. The fourth-order valence-corrected chi connectivity index (χ4v) is 1.38. The van der Waals surface area contributed by atoms with Gasteiger partial charge in [0.1, 0.15) is 5.69 Å². The molecule has 0 spiro atoms. The van der Waals surface area contributed by atoms with Crippen molar-refractivity contribution in [1.29, 1.82) is 0 Å². The third kappa shape index (κ3) is 2.60. The van der Waals surface area contributed by atoms with Gasteiger partial charge in [0.2, 0.25) is 0 Å². The fourth-order valence-electron chi connectivity index (χ4n) is 1.38. The highest BCUT2D eigenvalue weighted by Crippen LogP contribution is 2.07. The van der Waals surface area contributed by atoms with Crippen molar-refractivity contribution in [1.82, 2.24) is 19.9 Å². The molecule has 2 aromatic rings. The van der Waals surface area contributed by atoms with Gasteiger partial charge in [-0.15, -0.1) is 0 Å². The Balaban J connectivity index is 2.30. The molecular weight excluding hydrogens is 218 g/mol. The third-order valence-corrected chi connectivity index (χ3v) is 2.19. The van der Waals surface area contributed by atoms with E-state index in [0.29, 0.717) is 12.1 Å². The van der Waals surface area contributed by atoms with Gasteiger partial charge in [0.05, 0.1) is 17.1 Å². The topological polar surface area (TPSA) is 94.6 Å². The molecule has 2 N–H and O–H groups in total. The molecule has 0 bridgehead atoms. The van der Waals surface area contributed by atoms with Crippen LogP contribution in [0.1, 0.15) is 27.6 Å². The molecule has 17 heavy (non-hydrogen) atoms. The Bertz CT molecular complexity index is 538. The molecule has 0 aliphatic heterocycles. The van der Waals surface area contributed by atoms with E-state index in [2.05, 4.69) is 19.9 Å². The van der Waals surface area contributed by atoms with Crippen LogP contribution in [0.5, 0.6) is 0 Å². The maximum atomic E-state index is 11.1. The number of rotatable bonds is 3. The summed E-state index contributed by atoms with van der Waals surface area (Å²) < 4.78 is 0. The van der Waals surface area contributed by atoms with Crippen molar-refractivity contribution in [2.75, 3.05) is 0 Å². The standard InChI is InChI=1S/C11H11N5O/c1-7-5-16-8(6-15-7)4-9-10(11(12)17)14-3-2-13-9/h2-3,5-6H,4H2,1H3,(H2,12,17). The first-order chi connectivity index (χ1) is 8.16. The van der Waals surface area contributed by atoms with Crippen molar-refractivity contribution < 1.29 is 4.79 Å². The van der Waals surface area contributed by atoms with Gasteiger partial charge in [-0.1, -0.05) is 0 Å². The van der Waals surface area contributed by atoms with Gasteiger partial charge in [0.25, 0.3) is 5.91 Å². The Morgan fingerprint density at radius 3 is 2.59 bits per heavy atom. The second kappa shape index (κ2) is 4.65. The summed E-state index contributed by atoms with van der Waals surface area (Å²) in [6, 6.07) is 0. The second-order valence-electron chi connectivity index (χ2n) is 3.54. The number of amides is 1. The SMILES string of the molecule is Cc1cnc(Cc2nccnc2C(N)=O)cn1. The number of nitrogens with zero attached hydrogens (tertiary/aromatic N) is 4. The summed E-state index contributed by atoms with van der Waals surface area (Å²) in [4.78, 5) is 27.5. The van der Waals surface area contributed by atoms with Crippen molar-refractivity contribution in [3.63, 3.8) is 0 Å². The van der Waals surface area contributed by atoms with Gasteiger partial charge in [-0.05, 0) is 6.92 Å². The number of carbonyl (C=O) groups excluding carboxylic acids is 1. The molecule has 0 unspecified atom stereocenters. The first-order valence-electron chi connectivity index (χ1n) is 5.04. The van der Waals surface area contributed by atoms with Gasteiger partial charge >= 0.3 is 0 Å². The van der Waals surface area contributed by atoms with Gasteiger partial charge in [-0.25, -0.2) is 4.98 Å². The quantitative estimate of drug-likeness (QED) is 0.814. The number of nitrogens with two attached hydrogens (primary N) is 1. The zero-order valence-corrected chi connectivity index (χ0v) is 9.29. The van der Waals surface area contributed by atoms with Gasteiger partial charge in [0, 0.05) is 31.2 Å². The number of aryl methyl sites for hydroxylation is 1. The number of aromatic nitrogens is 4. The van der Waals surface area contributed by atoms with Crippen LogP contribution < -0.4 is 5.73 Å². The van der Waals surface area contributed by atoms with E-state index in [1.807, 2.05) is 6.92 Å². The Kier molecular flexibility index (Phi) is 3.04. The highest BCUT2D eigenvalue weighted by Gasteiger charge is 2.11. The summed E-state index contributed by atoms with van der Waals surface area (Å²) in [5.41, 5.74) is 7.46. The number of hydrogen-bond acceptors (Lipinski definition) is 5. The zero-order chi connectivity index (χ0) is 12.3. The average molecular weight is 229 g/mol. The molecule has 0 aliphatic carbocycles. The molecule has 2 rings (SSSR count). The molecule has 0 saturated carbocycles. The Morgan fingerprint density at radius 1 is 1.18 bits per heavy atom. The van der Waals surface area contributed by atoms with E-state index >= 15 is 0 Å². The van der Waals surface area contributed by atoms with Crippen molar-refractivity contribution in [3.05, 3.63) is 47.6 Å². The van der Waals surface area contributed by atoms with E-state index < -0.39 is 5.91 Å². The summed E-state index contributed by atoms with van der Waals surface area (Å²) >= 11 is 0. The van der Waals surface area contributed by atoms with Crippen molar-refractivity contribution >= 4 is 5.91 Å². The second-order valence-corrected chi connectivity index (χ2v) is 3.54. The molecule has 0 radical (unpaired) electrons. The predicted octanol–water partition coefficient (Wildman–Crippen LogP) is 0.265. The average Bonchev–Trinajstić information content (AvgIpc) is 2.32. The maximum absolute atomic E-state index is 11.1. The maximum Gasteiger partial charge on any atom is 0.269 e. The molecule has 2 aromatic heterocycles. The lowest BCUT2D eigenvalue weighted by molar-refractivity contribution is 0.0994. The fraction of sp³-hybridized carbons (Fsp3) is 0.182. The smallest absolute Gasteiger partial charge is 0.269 e. The summed E-state index contributed by atoms with van der Waals surface area (Å²) in [5, 5.41) is 0. The highest BCUT2D eigenvalue weighted by molar-refractivity contribution is 5.91. The van der Waals surface area contributed by atoms with Crippen LogP contribution in [0.25, 0.3) is 0 Å². The molecule has 0 fully saturated rings. The van der Waals surface area contributed by atoms with Crippen LogP contribution in [-0.4, -0.2) is 25.8 Å². The third-order valence-electron chi connectivity index (χ3n) is 2.19. The van der Waals surface area contributed by atoms with Crippen molar-refractivity contribution in [2.45, 2.75) is 13.3 Å². The molecular formula is C11H11N5O. The van der Waals surface area contributed by atoms with E-state index in [9.17, 15) is 4.79 Å². The Hall–Kier alpha value is -2.37.